The molecular formula is C19H15F3N2O2. The third kappa shape index (κ3) is 3.46. The quantitative estimate of drug-likeness (QED) is 0.822. The van der Waals surface area contributed by atoms with E-state index in [4.69, 9.17) is 4.74 Å². The Morgan fingerprint density at radius 3 is 2.73 bits per heavy atom. The first-order chi connectivity index (χ1) is 12.4. The van der Waals surface area contributed by atoms with Gasteiger partial charge in [-0.05, 0) is 23.8 Å². The van der Waals surface area contributed by atoms with Gasteiger partial charge in [0.25, 0.3) is 0 Å². The summed E-state index contributed by atoms with van der Waals surface area (Å²) in [6, 6.07) is 7.95. The average Bonchev–Trinajstić information content (AvgIpc) is 2.96. The molecule has 7 heteroatoms. The monoisotopic (exact) mass is 360 g/mol. The molecule has 1 aromatic heterocycles. The molecule has 2 aromatic rings. The van der Waals surface area contributed by atoms with Gasteiger partial charge in [-0.3, -0.25) is 9.78 Å². The Bertz CT molecular complexity index is 861. The van der Waals surface area contributed by atoms with Crippen LogP contribution >= 0.6 is 0 Å². The molecule has 0 radical (unpaired) electrons. The maximum atomic E-state index is 13.0. The van der Waals surface area contributed by atoms with E-state index < -0.39 is 23.6 Å². The van der Waals surface area contributed by atoms with E-state index in [0.717, 1.165) is 12.1 Å². The van der Waals surface area contributed by atoms with Crippen molar-refractivity contribution in [2.24, 2.45) is 0 Å². The third-order valence-corrected chi connectivity index (χ3v) is 3.82. The minimum atomic E-state index is -4.50. The molecule has 0 amide bonds. The fourth-order valence-corrected chi connectivity index (χ4v) is 2.64. The van der Waals surface area contributed by atoms with Gasteiger partial charge in [0.1, 0.15) is 0 Å². The molecule has 1 N–H and O–H groups in total. The topological polar surface area (TPSA) is 51.2 Å². The summed E-state index contributed by atoms with van der Waals surface area (Å²) in [6.45, 7) is 3.87. The molecule has 0 bridgehead atoms. The summed E-state index contributed by atoms with van der Waals surface area (Å²) in [4.78, 5) is 16.8. The number of nitrogens with one attached hydrogen (secondary N) is 1. The SMILES string of the molecule is C=CCNC1=C(c2cccc(C(F)(F)F)c2)C(=O)C(c2cccnc2)O1. The van der Waals surface area contributed by atoms with E-state index in [1.54, 1.807) is 24.4 Å². The van der Waals surface area contributed by atoms with Gasteiger partial charge in [-0.2, -0.15) is 13.2 Å². The van der Waals surface area contributed by atoms with E-state index >= 15 is 0 Å². The Labute approximate surface area is 148 Å². The number of ether oxygens (including phenoxy) is 1. The molecule has 0 saturated heterocycles. The third-order valence-electron chi connectivity index (χ3n) is 3.82. The molecule has 0 saturated carbocycles. The number of aromatic nitrogens is 1. The Morgan fingerprint density at radius 2 is 2.08 bits per heavy atom. The molecule has 2 heterocycles. The first-order valence-corrected chi connectivity index (χ1v) is 7.79. The number of halogens is 3. The Kier molecular flexibility index (Phi) is 4.79. The lowest BCUT2D eigenvalue weighted by molar-refractivity contribution is -0.137. The van der Waals surface area contributed by atoms with Crippen LogP contribution in [0.5, 0.6) is 0 Å². The maximum absolute atomic E-state index is 13.0. The predicted molar refractivity (Wildman–Crippen MR) is 89.6 cm³/mol. The second-order valence-corrected chi connectivity index (χ2v) is 5.60. The number of carbonyl (C=O) groups is 1. The zero-order chi connectivity index (χ0) is 18.7. The molecule has 1 aliphatic heterocycles. The molecular weight excluding hydrogens is 345 g/mol. The van der Waals surface area contributed by atoms with Crippen LogP contribution in [0.15, 0.2) is 67.3 Å². The summed E-state index contributed by atoms with van der Waals surface area (Å²) in [5.74, 6) is -0.299. The fraction of sp³-hybridized carbons (Fsp3) is 0.158. The number of ketones is 1. The molecule has 1 aromatic carbocycles. The molecule has 1 unspecified atom stereocenters. The van der Waals surface area contributed by atoms with Crippen LogP contribution in [-0.2, 0) is 15.7 Å². The highest BCUT2D eigenvalue weighted by molar-refractivity contribution is 6.25. The van der Waals surface area contributed by atoms with Crippen LogP contribution in [0, 0.1) is 0 Å². The van der Waals surface area contributed by atoms with Gasteiger partial charge in [-0.15, -0.1) is 6.58 Å². The summed E-state index contributed by atoms with van der Waals surface area (Å²) < 4.78 is 44.8. The van der Waals surface area contributed by atoms with Crippen molar-refractivity contribution >= 4 is 11.4 Å². The van der Waals surface area contributed by atoms with Crippen LogP contribution in [0.3, 0.4) is 0 Å². The van der Waals surface area contributed by atoms with Gasteiger partial charge in [-0.25, -0.2) is 0 Å². The number of benzene rings is 1. The normalized spacial score (nSPS) is 17.2. The lowest BCUT2D eigenvalue weighted by Gasteiger charge is -2.11. The molecule has 0 spiro atoms. The highest BCUT2D eigenvalue weighted by Gasteiger charge is 2.38. The number of hydrogen-bond donors (Lipinski definition) is 1. The first-order valence-electron chi connectivity index (χ1n) is 7.79. The standard InChI is InChI=1S/C19H15F3N2O2/c1-2-8-24-18-15(12-5-3-7-14(10-12)19(20,21)22)16(25)17(26-18)13-6-4-9-23-11-13/h2-7,9-11,17,24H,1,8H2. The van der Waals surface area contributed by atoms with Crippen LogP contribution < -0.4 is 5.32 Å². The number of nitrogens with zero attached hydrogens (tertiary/aromatic N) is 1. The van der Waals surface area contributed by atoms with Crippen LogP contribution in [0.1, 0.15) is 22.8 Å². The van der Waals surface area contributed by atoms with Crippen molar-refractivity contribution in [3.8, 4) is 0 Å². The van der Waals surface area contributed by atoms with Crippen LogP contribution in [0.4, 0.5) is 13.2 Å². The smallest absolute Gasteiger partial charge is 0.416 e. The van der Waals surface area contributed by atoms with Crippen LogP contribution in [0.2, 0.25) is 0 Å². The maximum Gasteiger partial charge on any atom is 0.416 e. The number of carbonyl (C=O) groups excluding carboxylic acids is 1. The molecule has 134 valence electrons. The Hall–Kier alpha value is -3.09. The van der Waals surface area contributed by atoms with Crippen LogP contribution in [0.25, 0.3) is 5.57 Å². The van der Waals surface area contributed by atoms with Gasteiger partial charge >= 0.3 is 6.18 Å². The number of Topliss-reactive ketones (excluding diaryl/α,β-unsaturated/α-hetero) is 1. The minimum absolute atomic E-state index is 0.0757. The first kappa shape index (κ1) is 17.7. The second-order valence-electron chi connectivity index (χ2n) is 5.60. The van der Waals surface area contributed by atoms with Crippen molar-refractivity contribution in [3.63, 3.8) is 0 Å². The molecule has 1 atom stereocenters. The van der Waals surface area contributed by atoms with Crippen molar-refractivity contribution < 1.29 is 22.7 Å². The molecule has 4 nitrogen and oxygen atoms in total. The Balaban J connectivity index is 2.03. The molecule has 0 fully saturated rings. The fourth-order valence-electron chi connectivity index (χ4n) is 2.64. The van der Waals surface area contributed by atoms with Crippen molar-refractivity contribution in [1.82, 2.24) is 10.3 Å². The Morgan fingerprint density at radius 1 is 1.27 bits per heavy atom. The van der Waals surface area contributed by atoms with E-state index in [1.165, 1.54) is 18.3 Å². The average molecular weight is 360 g/mol. The zero-order valence-corrected chi connectivity index (χ0v) is 13.6. The van der Waals surface area contributed by atoms with E-state index in [0.29, 0.717) is 12.1 Å². The second kappa shape index (κ2) is 7.03. The zero-order valence-electron chi connectivity index (χ0n) is 13.6. The van der Waals surface area contributed by atoms with Crippen molar-refractivity contribution in [1.29, 1.82) is 0 Å². The van der Waals surface area contributed by atoms with E-state index in [2.05, 4.69) is 16.9 Å². The van der Waals surface area contributed by atoms with Gasteiger partial charge in [0.05, 0.1) is 11.1 Å². The number of alkyl halides is 3. The van der Waals surface area contributed by atoms with Crippen molar-refractivity contribution in [2.45, 2.75) is 12.3 Å². The summed E-state index contributed by atoms with van der Waals surface area (Å²) in [7, 11) is 0. The van der Waals surface area contributed by atoms with Crippen molar-refractivity contribution in [3.05, 3.63) is 84.0 Å². The summed E-state index contributed by atoms with van der Waals surface area (Å²) in [5, 5.41) is 2.89. The van der Waals surface area contributed by atoms with E-state index in [-0.39, 0.29) is 17.0 Å². The summed E-state index contributed by atoms with van der Waals surface area (Å²) >= 11 is 0. The highest BCUT2D eigenvalue weighted by atomic mass is 19.4. The number of hydrogen-bond acceptors (Lipinski definition) is 4. The van der Waals surface area contributed by atoms with Gasteiger partial charge in [-0.1, -0.05) is 24.3 Å². The molecule has 1 aliphatic rings. The molecule has 0 aliphatic carbocycles. The van der Waals surface area contributed by atoms with E-state index in [9.17, 15) is 18.0 Å². The lowest BCUT2D eigenvalue weighted by Crippen LogP contribution is -2.15. The summed E-state index contributed by atoms with van der Waals surface area (Å²) in [6.07, 6.45) is -0.858. The lowest BCUT2D eigenvalue weighted by atomic mass is 9.96. The van der Waals surface area contributed by atoms with Gasteiger partial charge < -0.3 is 10.1 Å². The molecule has 26 heavy (non-hydrogen) atoms. The molecule has 3 rings (SSSR count). The van der Waals surface area contributed by atoms with Gasteiger partial charge in [0.2, 0.25) is 5.78 Å². The summed E-state index contributed by atoms with van der Waals surface area (Å²) in [5.41, 5.74) is -0.0878. The van der Waals surface area contributed by atoms with Gasteiger partial charge in [0, 0.05) is 24.5 Å². The highest BCUT2D eigenvalue weighted by Crippen LogP contribution is 2.38. The predicted octanol–water partition coefficient (Wildman–Crippen LogP) is 3.89. The number of pyridine rings is 1. The minimum Gasteiger partial charge on any atom is -0.462 e. The van der Waals surface area contributed by atoms with Crippen molar-refractivity contribution in [2.75, 3.05) is 6.54 Å². The number of rotatable bonds is 5. The van der Waals surface area contributed by atoms with Gasteiger partial charge in [0.15, 0.2) is 12.0 Å². The van der Waals surface area contributed by atoms with E-state index in [1.807, 2.05) is 0 Å². The largest absolute Gasteiger partial charge is 0.462 e. The van der Waals surface area contributed by atoms with Crippen LogP contribution in [-0.4, -0.2) is 17.3 Å².